The molecule has 1 aromatic heterocycles. The van der Waals surface area contributed by atoms with Crippen LogP contribution in [-0.4, -0.2) is 16.8 Å². The summed E-state index contributed by atoms with van der Waals surface area (Å²) in [6.07, 6.45) is -0.362. The van der Waals surface area contributed by atoms with E-state index in [9.17, 15) is 14.7 Å². The number of ketones is 1. The molecule has 5 nitrogen and oxygen atoms in total. The SMILES string of the molecule is Cc1ccc(C)c(CN2C(=O)[C@](O)(CC(=O)c3ccc(C)o3)c3ccccc32)c1. The van der Waals surface area contributed by atoms with Crippen LogP contribution in [0.25, 0.3) is 0 Å². The lowest BCUT2D eigenvalue weighted by atomic mass is 9.89. The van der Waals surface area contributed by atoms with E-state index >= 15 is 0 Å². The Hall–Kier alpha value is -3.18. The van der Waals surface area contributed by atoms with Crippen LogP contribution in [0.5, 0.6) is 0 Å². The highest BCUT2D eigenvalue weighted by Gasteiger charge is 2.51. The van der Waals surface area contributed by atoms with Gasteiger partial charge >= 0.3 is 0 Å². The minimum absolute atomic E-state index is 0.147. The molecular formula is C24H23NO4. The Morgan fingerprint density at radius 3 is 2.55 bits per heavy atom. The molecule has 0 fully saturated rings. The molecule has 1 amide bonds. The van der Waals surface area contributed by atoms with Crippen molar-refractivity contribution in [3.05, 3.63) is 88.4 Å². The van der Waals surface area contributed by atoms with Crippen molar-refractivity contribution < 1.29 is 19.1 Å². The fraction of sp³-hybridized carbons (Fsp3) is 0.250. The van der Waals surface area contributed by atoms with Gasteiger partial charge in [-0.05, 0) is 50.1 Å². The third kappa shape index (κ3) is 3.28. The van der Waals surface area contributed by atoms with Gasteiger partial charge in [-0.2, -0.15) is 0 Å². The molecule has 2 heterocycles. The predicted octanol–water partition coefficient (Wildman–Crippen LogP) is 4.21. The molecule has 2 aromatic carbocycles. The zero-order valence-corrected chi connectivity index (χ0v) is 16.7. The van der Waals surface area contributed by atoms with Gasteiger partial charge < -0.3 is 14.4 Å². The van der Waals surface area contributed by atoms with Gasteiger partial charge in [-0.25, -0.2) is 0 Å². The van der Waals surface area contributed by atoms with Crippen molar-refractivity contribution in [3.8, 4) is 0 Å². The average molecular weight is 389 g/mol. The molecule has 5 heteroatoms. The summed E-state index contributed by atoms with van der Waals surface area (Å²) in [4.78, 5) is 27.6. The lowest BCUT2D eigenvalue weighted by molar-refractivity contribution is -0.136. The minimum atomic E-state index is -1.91. The summed E-state index contributed by atoms with van der Waals surface area (Å²) in [6.45, 7) is 6.08. The van der Waals surface area contributed by atoms with E-state index in [-0.39, 0.29) is 12.2 Å². The van der Waals surface area contributed by atoms with Gasteiger partial charge in [-0.1, -0.05) is 42.0 Å². The lowest BCUT2D eigenvalue weighted by Gasteiger charge is -2.23. The molecule has 1 aliphatic heterocycles. The molecule has 0 saturated carbocycles. The largest absolute Gasteiger partial charge is 0.458 e. The van der Waals surface area contributed by atoms with E-state index in [2.05, 4.69) is 0 Å². The molecule has 148 valence electrons. The second kappa shape index (κ2) is 7.01. The molecule has 1 N–H and O–H groups in total. The number of aliphatic hydroxyl groups is 1. The number of benzene rings is 2. The number of hydrogen-bond donors (Lipinski definition) is 1. The first kappa shape index (κ1) is 19.2. The first-order valence-electron chi connectivity index (χ1n) is 9.59. The van der Waals surface area contributed by atoms with Crippen molar-refractivity contribution in [3.63, 3.8) is 0 Å². The summed E-state index contributed by atoms with van der Waals surface area (Å²) in [5.74, 6) is -0.141. The molecule has 29 heavy (non-hydrogen) atoms. The van der Waals surface area contributed by atoms with Gasteiger partial charge in [0, 0.05) is 5.56 Å². The number of carbonyl (C=O) groups is 2. The highest BCUT2D eigenvalue weighted by Crippen LogP contribution is 2.43. The number of hydrogen-bond acceptors (Lipinski definition) is 4. The molecule has 3 aromatic rings. The summed E-state index contributed by atoms with van der Waals surface area (Å²) in [5, 5.41) is 11.4. The average Bonchev–Trinajstić information content (AvgIpc) is 3.21. The summed E-state index contributed by atoms with van der Waals surface area (Å²) in [7, 11) is 0. The first-order chi connectivity index (χ1) is 13.8. The molecule has 0 bridgehead atoms. The zero-order chi connectivity index (χ0) is 20.8. The van der Waals surface area contributed by atoms with E-state index in [1.807, 2.05) is 38.1 Å². The monoisotopic (exact) mass is 389 g/mol. The number of amides is 1. The Labute approximate surface area is 169 Å². The van der Waals surface area contributed by atoms with Gasteiger partial charge in [0.2, 0.25) is 5.78 Å². The van der Waals surface area contributed by atoms with Crippen LogP contribution in [-0.2, 0) is 16.9 Å². The number of rotatable bonds is 5. The number of aryl methyl sites for hydroxylation is 3. The number of furan rings is 1. The normalized spacial score (nSPS) is 18.2. The molecule has 1 atom stereocenters. The molecule has 1 aliphatic rings. The summed E-state index contributed by atoms with van der Waals surface area (Å²) >= 11 is 0. The van der Waals surface area contributed by atoms with Crippen molar-refractivity contribution in [2.75, 3.05) is 4.90 Å². The number of Topliss-reactive ketones (excluding diaryl/α,β-unsaturated/α-hetero) is 1. The Bertz CT molecular complexity index is 1110. The quantitative estimate of drug-likeness (QED) is 0.664. The van der Waals surface area contributed by atoms with Gasteiger partial charge in [0.1, 0.15) is 5.76 Å². The topological polar surface area (TPSA) is 70.8 Å². The maximum Gasteiger partial charge on any atom is 0.264 e. The number of carbonyl (C=O) groups excluding carboxylic acids is 2. The maximum atomic E-state index is 13.3. The van der Waals surface area contributed by atoms with Crippen LogP contribution in [0, 0.1) is 20.8 Å². The van der Waals surface area contributed by atoms with E-state index in [1.54, 1.807) is 42.2 Å². The summed E-state index contributed by atoms with van der Waals surface area (Å²) in [5.41, 5.74) is 2.34. The lowest BCUT2D eigenvalue weighted by Crippen LogP contribution is -2.41. The molecular weight excluding hydrogens is 366 g/mol. The van der Waals surface area contributed by atoms with Crippen molar-refractivity contribution in [2.45, 2.75) is 39.3 Å². The number of fused-ring (bicyclic) bond motifs is 1. The highest BCUT2D eigenvalue weighted by atomic mass is 16.3. The summed E-state index contributed by atoms with van der Waals surface area (Å²) in [6, 6.07) is 16.4. The molecule has 0 radical (unpaired) electrons. The van der Waals surface area contributed by atoms with Crippen LogP contribution in [0.4, 0.5) is 5.69 Å². The van der Waals surface area contributed by atoms with Crippen molar-refractivity contribution in [1.29, 1.82) is 0 Å². The van der Waals surface area contributed by atoms with Crippen LogP contribution >= 0.6 is 0 Å². The van der Waals surface area contributed by atoms with Crippen LogP contribution in [0.1, 0.15) is 45.0 Å². The Kier molecular flexibility index (Phi) is 4.63. The number of anilines is 1. The van der Waals surface area contributed by atoms with E-state index in [0.717, 1.165) is 16.7 Å². The van der Waals surface area contributed by atoms with Gasteiger partial charge in [0.05, 0.1) is 18.7 Å². The Balaban J connectivity index is 1.70. The molecule has 0 unspecified atom stereocenters. The van der Waals surface area contributed by atoms with Crippen LogP contribution in [0.3, 0.4) is 0 Å². The zero-order valence-electron chi connectivity index (χ0n) is 16.7. The molecule has 4 rings (SSSR count). The third-order valence-electron chi connectivity index (χ3n) is 5.50. The van der Waals surface area contributed by atoms with Gasteiger partial charge in [0.15, 0.2) is 11.4 Å². The number of nitrogens with zero attached hydrogens (tertiary/aromatic N) is 1. The van der Waals surface area contributed by atoms with Crippen LogP contribution < -0.4 is 4.90 Å². The fourth-order valence-corrected chi connectivity index (χ4v) is 3.88. The molecule has 0 aliphatic carbocycles. The minimum Gasteiger partial charge on any atom is -0.458 e. The second-order valence-corrected chi connectivity index (χ2v) is 7.71. The third-order valence-corrected chi connectivity index (χ3v) is 5.50. The van der Waals surface area contributed by atoms with E-state index in [0.29, 0.717) is 23.6 Å². The van der Waals surface area contributed by atoms with Crippen molar-refractivity contribution in [2.24, 2.45) is 0 Å². The highest BCUT2D eigenvalue weighted by molar-refractivity contribution is 6.10. The predicted molar refractivity (Wildman–Crippen MR) is 110 cm³/mol. The first-order valence-corrected chi connectivity index (χ1v) is 9.59. The van der Waals surface area contributed by atoms with Crippen molar-refractivity contribution in [1.82, 2.24) is 0 Å². The van der Waals surface area contributed by atoms with Gasteiger partial charge in [0.25, 0.3) is 5.91 Å². The second-order valence-electron chi connectivity index (χ2n) is 7.71. The van der Waals surface area contributed by atoms with E-state index < -0.39 is 17.3 Å². The van der Waals surface area contributed by atoms with E-state index in [1.165, 1.54) is 0 Å². The summed E-state index contributed by atoms with van der Waals surface area (Å²) < 4.78 is 5.39. The number of para-hydroxylation sites is 1. The van der Waals surface area contributed by atoms with Gasteiger partial charge in [-0.15, -0.1) is 0 Å². The Morgan fingerprint density at radius 2 is 1.83 bits per heavy atom. The van der Waals surface area contributed by atoms with E-state index in [4.69, 9.17) is 4.42 Å². The maximum absolute atomic E-state index is 13.3. The van der Waals surface area contributed by atoms with Crippen LogP contribution in [0.2, 0.25) is 0 Å². The molecule has 0 saturated heterocycles. The van der Waals surface area contributed by atoms with Crippen molar-refractivity contribution >= 4 is 17.4 Å². The fourth-order valence-electron chi connectivity index (χ4n) is 3.88. The Morgan fingerprint density at radius 1 is 1.07 bits per heavy atom. The molecule has 0 spiro atoms. The van der Waals surface area contributed by atoms with Crippen LogP contribution in [0.15, 0.2) is 59.0 Å². The standard InChI is InChI=1S/C24H23NO4/c1-15-8-9-16(2)18(12-15)14-25-20-7-5-4-6-19(20)24(28,23(25)27)13-21(26)22-11-10-17(3)29-22/h4-12,28H,13-14H2,1-3H3/t24-/m0/s1. The smallest absolute Gasteiger partial charge is 0.264 e. The van der Waals surface area contributed by atoms with Gasteiger partial charge in [-0.3, -0.25) is 9.59 Å².